The summed E-state index contributed by atoms with van der Waals surface area (Å²) in [6, 6.07) is 8.57. The summed E-state index contributed by atoms with van der Waals surface area (Å²) in [7, 11) is 0. The van der Waals surface area contributed by atoms with Crippen molar-refractivity contribution in [1.82, 2.24) is 4.98 Å². The van der Waals surface area contributed by atoms with Gasteiger partial charge in [0.15, 0.2) is 0 Å². The quantitative estimate of drug-likeness (QED) is 0.757. The third kappa shape index (κ3) is 2.68. The first-order valence-electron chi connectivity index (χ1n) is 6.13. The summed E-state index contributed by atoms with van der Waals surface area (Å²) in [6.45, 7) is 1.89. The van der Waals surface area contributed by atoms with E-state index in [2.05, 4.69) is 4.98 Å². The average molecular weight is 317 g/mol. The Labute approximate surface area is 129 Å². The lowest BCUT2D eigenvalue weighted by atomic mass is 10.1. The number of carboxylic acid groups (broad SMARTS) is 1. The Morgan fingerprint density at radius 3 is 2.76 bits per heavy atom. The molecule has 0 spiro atoms. The Morgan fingerprint density at radius 1 is 1.29 bits per heavy atom. The number of hydrogen-bond donors (Lipinski definition) is 2. The maximum atomic E-state index is 11.0. The van der Waals surface area contributed by atoms with E-state index < -0.39 is 5.97 Å². The first kappa shape index (κ1) is 13.8. The number of rotatable bonds is 3. The summed E-state index contributed by atoms with van der Waals surface area (Å²) in [5.74, 6) is -0.721. The topological polar surface area (TPSA) is 70.4 Å². The normalized spacial score (nSPS) is 10.7. The minimum absolute atomic E-state index is 0.196. The Bertz CT molecular complexity index is 820. The van der Waals surface area contributed by atoms with Crippen molar-refractivity contribution >= 4 is 28.6 Å². The van der Waals surface area contributed by atoms with Crippen molar-refractivity contribution < 1.29 is 15.0 Å². The molecule has 3 aromatic rings. The molecular formula is C15H11NO3S2. The van der Waals surface area contributed by atoms with Crippen molar-refractivity contribution in [1.29, 1.82) is 0 Å². The fraction of sp³-hybridized carbons (Fsp3) is 0.0667. The number of benzene rings is 1. The van der Waals surface area contributed by atoms with E-state index in [4.69, 9.17) is 5.11 Å². The Hall–Kier alpha value is -2.18. The molecule has 2 aromatic heterocycles. The van der Waals surface area contributed by atoms with E-state index >= 15 is 0 Å². The molecule has 6 heteroatoms. The number of nitrogens with zero attached hydrogens (tertiary/aromatic N) is 1. The van der Waals surface area contributed by atoms with Gasteiger partial charge >= 0.3 is 5.97 Å². The van der Waals surface area contributed by atoms with Crippen LogP contribution >= 0.6 is 22.7 Å². The second kappa shape index (κ2) is 5.31. The molecule has 0 saturated carbocycles. The molecule has 3 rings (SSSR count). The van der Waals surface area contributed by atoms with E-state index in [1.54, 1.807) is 24.3 Å². The molecular weight excluding hydrogens is 306 g/mol. The van der Waals surface area contributed by atoms with Gasteiger partial charge in [0.25, 0.3) is 0 Å². The minimum atomic E-state index is -0.917. The van der Waals surface area contributed by atoms with Crippen LogP contribution in [0, 0.1) is 6.92 Å². The van der Waals surface area contributed by atoms with Gasteiger partial charge in [0, 0.05) is 21.4 Å². The summed E-state index contributed by atoms with van der Waals surface area (Å²) < 4.78 is 0. The molecule has 0 radical (unpaired) electrons. The highest BCUT2D eigenvalue weighted by Crippen LogP contribution is 2.35. The van der Waals surface area contributed by atoms with E-state index in [9.17, 15) is 9.90 Å². The molecule has 0 fully saturated rings. The maximum Gasteiger partial charge on any atom is 0.345 e. The molecule has 2 N–H and O–H groups in total. The Morgan fingerprint density at radius 2 is 2.10 bits per heavy atom. The zero-order valence-electron chi connectivity index (χ0n) is 11.0. The first-order chi connectivity index (χ1) is 10.0. The van der Waals surface area contributed by atoms with Gasteiger partial charge in [0.2, 0.25) is 0 Å². The lowest BCUT2D eigenvalue weighted by molar-refractivity contribution is 0.0702. The van der Waals surface area contributed by atoms with Crippen LogP contribution in [-0.4, -0.2) is 21.2 Å². The van der Waals surface area contributed by atoms with Crippen LogP contribution in [0.3, 0.4) is 0 Å². The number of aromatic nitrogens is 1. The lowest BCUT2D eigenvalue weighted by Gasteiger charge is -1.97. The largest absolute Gasteiger partial charge is 0.508 e. The molecule has 0 amide bonds. The zero-order valence-corrected chi connectivity index (χ0v) is 12.7. The number of carbonyl (C=O) groups is 1. The van der Waals surface area contributed by atoms with Crippen LogP contribution in [0.5, 0.6) is 5.75 Å². The predicted octanol–water partition coefficient (Wildman–Crippen LogP) is 4.25. The van der Waals surface area contributed by atoms with Crippen molar-refractivity contribution in [2.75, 3.05) is 0 Å². The number of thiazole rings is 1. The molecule has 106 valence electrons. The van der Waals surface area contributed by atoms with Crippen LogP contribution in [0.2, 0.25) is 0 Å². The van der Waals surface area contributed by atoms with Gasteiger partial charge in [-0.3, -0.25) is 0 Å². The highest BCUT2D eigenvalue weighted by Gasteiger charge is 2.15. The van der Waals surface area contributed by atoms with Gasteiger partial charge in [-0.15, -0.1) is 22.7 Å². The molecule has 0 aliphatic carbocycles. The number of aromatic carboxylic acids is 1. The highest BCUT2D eigenvalue weighted by atomic mass is 32.1. The number of carboxylic acids is 1. The van der Waals surface area contributed by atoms with Gasteiger partial charge in [0.1, 0.15) is 15.6 Å². The van der Waals surface area contributed by atoms with Crippen molar-refractivity contribution in [2.45, 2.75) is 6.92 Å². The van der Waals surface area contributed by atoms with Gasteiger partial charge in [-0.05, 0) is 25.1 Å². The van der Waals surface area contributed by atoms with Crippen LogP contribution in [0.1, 0.15) is 14.5 Å². The third-order valence-corrected chi connectivity index (χ3v) is 4.92. The van der Waals surface area contributed by atoms with Crippen LogP contribution in [-0.2, 0) is 0 Å². The zero-order chi connectivity index (χ0) is 15.0. The molecule has 0 aliphatic heterocycles. The standard InChI is InChI=1S/C15H11NO3S2/c1-8-11(6-13(21-8)15(18)19)14-16-12(7-20-14)9-3-2-4-10(17)5-9/h2-7,17H,1H3,(H,18,19). The van der Waals surface area contributed by atoms with Gasteiger partial charge in [-0.2, -0.15) is 0 Å². The Kier molecular flexibility index (Phi) is 3.48. The molecule has 0 unspecified atom stereocenters. The van der Waals surface area contributed by atoms with Crippen LogP contribution < -0.4 is 0 Å². The van der Waals surface area contributed by atoms with E-state index in [1.165, 1.54) is 22.7 Å². The van der Waals surface area contributed by atoms with Crippen LogP contribution in [0.4, 0.5) is 0 Å². The molecule has 2 heterocycles. The summed E-state index contributed by atoms with van der Waals surface area (Å²) >= 11 is 2.72. The van der Waals surface area contributed by atoms with Gasteiger partial charge in [0.05, 0.1) is 5.69 Å². The minimum Gasteiger partial charge on any atom is -0.508 e. The van der Waals surface area contributed by atoms with Crippen molar-refractivity contribution in [3.63, 3.8) is 0 Å². The number of phenolic OH excluding ortho intramolecular Hbond substituents is 1. The number of phenols is 1. The van der Waals surface area contributed by atoms with Gasteiger partial charge in [-0.25, -0.2) is 9.78 Å². The second-order valence-corrected chi connectivity index (χ2v) is 6.59. The molecule has 0 aliphatic rings. The monoisotopic (exact) mass is 317 g/mol. The number of aryl methyl sites for hydroxylation is 1. The average Bonchev–Trinajstić information content (AvgIpc) is 3.05. The first-order valence-corrected chi connectivity index (χ1v) is 7.83. The van der Waals surface area contributed by atoms with Gasteiger partial charge < -0.3 is 10.2 Å². The smallest absolute Gasteiger partial charge is 0.345 e. The van der Waals surface area contributed by atoms with Crippen molar-refractivity contribution in [2.24, 2.45) is 0 Å². The number of thiophene rings is 1. The Balaban J connectivity index is 2.00. The fourth-order valence-corrected chi connectivity index (χ4v) is 3.82. The maximum absolute atomic E-state index is 11.0. The van der Waals surface area contributed by atoms with Crippen molar-refractivity contribution in [3.8, 4) is 27.6 Å². The summed E-state index contributed by atoms with van der Waals surface area (Å²) in [5, 5.41) is 21.3. The van der Waals surface area contributed by atoms with Gasteiger partial charge in [-0.1, -0.05) is 12.1 Å². The highest BCUT2D eigenvalue weighted by molar-refractivity contribution is 7.16. The lowest BCUT2D eigenvalue weighted by Crippen LogP contribution is -1.89. The van der Waals surface area contributed by atoms with Crippen LogP contribution in [0.25, 0.3) is 21.8 Å². The molecule has 1 aromatic carbocycles. The number of aromatic hydroxyl groups is 1. The molecule has 21 heavy (non-hydrogen) atoms. The molecule has 0 bridgehead atoms. The fourth-order valence-electron chi connectivity index (χ4n) is 2.00. The van der Waals surface area contributed by atoms with E-state index in [-0.39, 0.29) is 5.75 Å². The van der Waals surface area contributed by atoms with E-state index in [1.807, 2.05) is 18.4 Å². The van der Waals surface area contributed by atoms with Crippen LogP contribution in [0.15, 0.2) is 35.7 Å². The SMILES string of the molecule is Cc1sc(C(=O)O)cc1-c1nc(-c2cccc(O)c2)cs1. The summed E-state index contributed by atoms with van der Waals surface area (Å²) in [5.41, 5.74) is 2.46. The van der Waals surface area contributed by atoms with E-state index in [0.717, 1.165) is 26.7 Å². The molecule has 4 nitrogen and oxygen atoms in total. The predicted molar refractivity (Wildman–Crippen MR) is 84.2 cm³/mol. The third-order valence-electron chi connectivity index (χ3n) is 3.01. The van der Waals surface area contributed by atoms with E-state index in [0.29, 0.717) is 4.88 Å². The molecule has 0 atom stereocenters. The van der Waals surface area contributed by atoms with Crippen molar-refractivity contribution in [3.05, 3.63) is 45.5 Å². The molecule has 0 saturated heterocycles. The summed E-state index contributed by atoms with van der Waals surface area (Å²) in [4.78, 5) is 16.8. The second-order valence-electron chi connectivity index (χ2n) is 4.47. The summed E-state index contributed by atoms with van der Waals surface area (Å²) in [6.07, 6.45) is 0. The number of hydrogen-bond acceptors (Lipinski definition) is 5.